The number of ether oxygens (including phenoxy) is 1. The summed E-state index contributed by atoms with van der Waals surface area (Å²) in [6, 6.07) is 0. The number of rotatable bonds is 3. The van der Waals surface area contributed by atoms with Crippen molar-refractivity contribution in [3.05, 3.63) is 12.2 Å². The number of carboxylic acids is 1. The molecule has 1 N–H and O–H groups in total. The number of hydrogen-bond acceptors (Lipinski definition) is 3. The number of aliphatic carboxylic acids is 1. The first-order valence-corrected chi connectivity index (χ1v) is 7.75. The maximum absolute atomic E-state index is 12.5. The predicted molar refractivity (Wildman–Crippen MR) is 70.7 cm³/mol. The highest BCUT2D eigenvalue weighted by Crippen LogP contribution is 2.50. The quantitative estimate of drug-likeness (QED) is 0.634. The summed E-state index contributed by atoms with van der Waals surface area (Å²) >= 11 is 0. The van der Waals surface area contributed by atoms with Gasteiger partial charge in [0.2, 0.25) is 0 Å². The van der Waals surface area contributed by atoms with E-state index in [9.17, 15) is 14.7 Å². The molecule has 0 heterocycles. The molecule has 0 amide bonds. The van der Waals surface area contributed by atoms with Crippen molar-refractivity contribution < 1.29 is 19.4 Å². The molecule has 0 radical (unpaired) electrons. The Kier molecular flexibility index (Phi) is 2.69. The summed E-state index contributed by atoms with van der Waals surface area (Å²) in [7, 11) is 0. The molecule has 0 spiro atoms. The first kappa shape index (κ1) is 12.4. The molecule has 4 aliphatic rings. The van der Waals surface area contributed by atoms with E-state index < -0.39 is 17.8 Å². The lowest BCUT2D eigenvalue weighted by Gasteiger charge is -2.27. The minimum absolute atomic E-state index is 0.0232. The second-order valence-electron chi connectivity index (χ2n) is 6.99. The lowest BCUT2D eigenvalue weighted by Crippen LogP contribution is -2.37. The summed E-state index contributed by atoms with van der Waals surface area (Å²) in [5.41, 5.74) is 0. The second kappa shape index (κ2) is 4.34. The van der Waals surface area contributed by atoms with Gasteiger partial charge in [-0.3, -0.25) is 9.59 Å². The number of esters is 1. The summed E-state index contributed by atoms with van der Waals surface area (Å²) in [6.45, 7) is 0. The lowest BCUT2D eigenvalue weighted by molar-refractivity contribution is -0.164. The van der Waals surface area contributed by atoms with Crippen molar-refractivity contribution in [3.63, 3.8) is 0 Å². The van der Waals surface area contributed by atoms with Gasteiger partial charge in [-0.05, 0) is 55.8 Å². The number of hydrogen-bond donors (Lipinski definition) is 1. The van der Waals surface area contributed by atoms with Crippen LogP contribution in [0.2, 0.25) is 0 Å². The van der Waals surface area contributed by atoms with Gasteiger partial charge in [0, 0.05) is 0 Å². The lowest BCUT2D eigenvalue weighted by atomic mass is 9.83. The SMILES string of the molecule is O=C(O)[C@H]1[C@H](C(=O)O[C@@H]2C[C@H]3CC[C@H]2C3)[C@H]2C=C[C@H]1C2. The maximum atomic E-state index is 12.5. The summed E-state index contributed by atoms with van der Waals surface area (Å²) in [5.74, 6) is -0.780. The van der Waals surface area contributed by atoms with Crippen molar-refractivity contribution in [1.29, 1.82) is 0 Å². The number of fused-ring (bicyclic) bond motifs is 4. The largest absolute Gasteiger partial charge is 0.481 e. The van der Waals surface area contributed by atoms with Crippen LogP contribution in [0, 0.1) is 35.5 Å². The Hall–Kier alpha value is -1.32. The monoisotopic (exact) mass is 276 g/mol. The van der Waals surface area contributed by atoms with E-state index in [1.165, 1.54) is 19.3 Å². The fourth-order valence-electron chi connectivity index (χ4n) is 5.04. The number of carbonyl (C=O) groups excluding carboxylic acids is 1. The second-order valence-corrected chi connectivity index (χ2v) is 6.99. The highest BCUT2D eigenvalue weighted by Gasteiger charge is 2.53. The molecule has 4 bridgehead atoms. The molecule has 4 aliphatic carbocycles. The number of carbonyl (C=O) groups is 2. The van der Waals surface area contributed by atoms with Gasteiger partial charge in [-0.15, -0.1) is 0 Å². The zero-order valence-electron chi connectivity index (χ0n) is 11.4. The van der Waals surface area contributed by atoms with Crippen molar-refractivity contribution in [2.75, 3.05) is 0 Å². The molecule has 0 saturated heterocycles. The molecule has 4 nitrogen and oxygen atoms in total. The molecule has 4 rings (SSSR count). The minimum Gasteiger partial charge on any atom is -0.481 e. The van der Waals surface area contributed by atoms with Crippen LogP contribution < -0.4 is 0 Å². The Labute approximate surface area is 118 Å². The number of allylic oxidation sites excluding steroid dienone is 2. The molecule has 4 heteroatoms. The zero-order valence-corrected chi connectivity index (χ0v) is 11.4. The van der Waals surface area contributed by atoms with E-state index in [2.05, 4.69) is 0 Å². The van der Waals surface area contributed by atoms with Crippen LogP contribution >= 0.6 is 0 Å². The van der Waals surface area contributed by atoms with Gasteiger partial charge in [0.05, 0.1) is 11.8 Å². The molecule has 7 atom stereocenters. The van der Waals surface area contributed by atoms with Gasteiger partial charge in [0.25, 0.3) is 0 Å². The van der Waals surface area contributed by atoms with E-state index >= 15 is 0 Å². The fraction of sp³-hybridized carbons (Fsp3) is 0.750. The van der Waals surface area contributed by atoms with Crippen molar-refractivity contribution in [2.24, 2.45) is 35.5 Å². The minimum atomic E-state index is -0.850. The van der Waals surface area contributed by atoms with Gasteiger partial charge in [-0.2, -0.15) is 0 Å². The molecular formula is C16H20O4. The molecule has 0 aromatic carbocycles. The molecule has 0 unspecified atom stereocenters. The average molecular weight is 276 g/mol. The molecule has 3 saturated carbocycles. The third-order valence-electron chi connectivity index (χ3n) is 5.96. The van der Waals surface area contributed by atoms with Gasteiger partial charge < -0.3 is 9.84 Å². The van der Waals surface area contributed by atoms with E-state index in [0.717, 1.165) is 18.8 Å². The Bertz CT molecular complexity index is 483. The highest BCUT2D eigenvalue weighted by molar-refractivity contribution is 5.83. The van der Waals surface area contributed by atoms with Crippen molar-refractivity contribution in [1.82, 2.24) is 0 Å². The summed E-state index contributed by atoms with van der Waals surface area (Å²) in [6.07, 6.45) is 9.45. The number of carboxylic acid groups (broad SMARTS) is 1. The Balaban J connectivity index is 1.48. The van der Waals surface area contributed by atoms with Crippen molar-refractivity contribution in [3.8, 4) is 0 Å². The van der Waals surface area contributed by atoms with Crippen LogP contribution in [0.4, 0.5) is 0 Å². The van der Waals surface area contributed by atoms with Gasteiger partial charge in [0.1, 0.15) is 6.10 Å². The molecule has 3 fully saturated rings. The van der Waals surface area contributed by atoms with Crippen LogP contribution in [-0.2, 0) is 14.3 Å². The Morgan fingerprint density at radius 3 is 2.35 bits per heavy atom. The van der Waals surface area contributed by atoms with Gasteiger partial charge in [-0.1, -0.05) is 12.2 Å². The first-order valence-electron chi connectivity index (χ1n) is 7.75. The van der Waals surface area contributed by atoms with Crippen LogP contribution in [0.3, 0.4) is 0 Å². The van der Waals surface area contributed by atoms with Crippen LogP contribution in [0.1, 0.15) is 32.1 Å². The zero-order chi connectivity index (χ0) is 13.9. The van der Waals surface area contributed by atoms with Crippen LogP contribution in [0.15, 0.2) is 12.2 Å². The van der Waals surface area contributed by atoms with Crippen LogP contribution in [-0.4, -0.2) is 23.1 Å². The summed E-state index contributed by atoms with van der Waals surface area (Å²) in [4.78, 5) is 23.9. The van der Waals surface area contributed by atoms with Gasteiger partial charge >= 0.3 is 11.9 Å². The highest BCUT2D eigenvalue weighted by atomic mass is 16.5. The van der Waals surface area contributed by atoms with Crippen molar-refractivity contribution in [2.45, 2.75) is 38.2 Å². The van der Waals surface area contributed by atoms with Gasteiger partial charge in [-0.25, -0.2) is 0 Å². The fourth-order valence-corrected chi connectivity index (χ4v) is 5.04. The normalized spacial score (nSPS) is 47.9. The van der Waals surface area contributed by atoms with Crippen molar-refractivity contribution >= 4 is 11.9 Å². The Morgan fingerprint density at radius 2 is 1.75 bits per heavy atom. The standard InChI is InChI=1S/C16H20O4/c17-15(18)13-10-3-4-11(7-10)14(13)16(19)20-12-6-8-1-2-9(12)5-8/h3-4,8-14H,1-2,5-7H2,(H,17,18)/t8-,9-,10-,11-,12+,13+,14+/m0/s1. The molecule has 108 valence electrons. The predicted octanol–water partition coefficient (Wildman–Crippen LogP) is 2.24. The summed E-state index contributed by atoms with van der Waals surface area (Å²) in [5, 5.41) is 9.38. The average Bonchev–Trinajstić information content (AvgIpc) is 3.16. The smallest absolute Gasteiger partial charge is 0.310 e. The third kappa shape index (κ3) is 1.73. The van der Waals surface area contributed by atoms with Crippen LogP contribution in [0.5, 0.6) is 0 Å². The van der Waals surface area contributed by atoms with Crippen LogP contribution in [0.25, 0.3) is 0 Å². The molecule has 0 aromatic rings. The van der Waals surface area contributed by atoms with E-state index in [1.54, 1.807) is 0 Å². The van der Waals surface area contributed by atoms with Gasteiger partial charge in [0.15, 0.2) is 0 Å². The topological polar surface area (TPSA) is 63.6 Å². The maximum Gasteiger partial charge on any atom is 0.310 e. The molecule has 20 heavy (non-hydrogen) atoms. The van der Waals surface area contributed by atoms with E-state index in [1.807, 2.05) is 12.2 Å². The molecular weight excluding hydrogens is 256 g/mol. The molecule has 0 aromatic heterocycles. The molecule has 0 aliphatic heterocycles. The third-order valence-corrected chi connectivity index (χ3v) is 5.96. The van der Waals surface area contributed by atoms with E-state index in [4.69, 9.17) is 4.74 Å². The van der Waals surface area contributed by atoms with E-state index in [-0.39, 0.29) is 23.9 Å². The van der Waals surface area contributed by atoms with E-state index in [0.29, 0.717) is 5.92 Å². The Morgan fingerprint density at radius 1 is 1.00 bits per heavy atom. The first-order chi connectivity index (χ1) is 9.63. The summed E-state index contributed by atoms with van der Waals surface area (Å²) < 4.78 is 5.73.